The lowest BCUT2D eigenvalue weighted by Crippen LogP contribution is -2.13. The maximum absolute atomic E-state index is 11.4. The van der Waals surface area contributed by atoms with Crippen molar-refractivity contribution in [2.24, 2.45) is 13.0 Å². The van der Waals surface area contributed by atoms with Crippen LogP contribution in [0.1, 0.15) is 12.8 Å². The van der Waals surface area contributed by atoms with E-state index in [1.54, 1.807) is 19.3 Å². The lowest BCUT2D eigenvalue weighted by Gasteiger charge is -2.03. The second kappa shape index (κ2) is 5.38. The Kier molecular flexibility index (Phi) is 3.22. The van der Waals surface area contributed by atoms with Crippen LogP contribution >= 0.6 is 0 Å². The van der Waals surface area contributed by atoms with Crippen molar-refractivity contribution in [3.63, 3.8) is 0 Å². The number of hydrogen-bond donors (Lipinski definition) is 1. The minimum atomic E-state index is -0.237. The van der Waals surface area contributed by atoms with Crippen LogP contribution in [0.25, 0.3) is 23.0 Å². The van der Waals surface area contributed by atoms with Crippen LogP contribution in [0.4, 0.5) is 0 Å². The molecule has 0 unspecified atom stereocenters. The summed E-state index contributed by atoms with van der Waals surface area (Å²) in [5.74, 6) is 1.96. The molecule has 1 fully saturated rings. The van der Waals surface area contributed by atoms with Gasteiger partial charge in [0.25, 0.3) is 5.89 Å². The fourth-order valence-electron chi connectivity index (χ4n) is 2.17. The smallest absolute Gasteiger partial charge is 0.325 e. The highest BCUT2D eigenvalue weighted by atomic mass is 16.5. The van der Waals surface area contributed by atoms with Crippen LogP contribution in [-0.4, -0.2) is 31.3 Å². The molecule has 0 aliphatic heterocycles. The minimum Gasteiger partial charge on any atom is -0.477 e. The zero-order valence-corrected chi connectivity index (χ0v) is 12.5. The molecule has 8 nitrogen and oxygen atoms in total. The van der Waals surface area contributed by atoms with Gasteiger partial charge in [-0.3, -0.25) is 4.57 Å². The number of hydrogen-bond acceptors (Lipinski definition) is 6. The van der Waals surface area contributed by atoms with Crippen molar-refractivity contribution in [1.29, 1.82) is 0 Å². The molecule has 0 amide bonds. The highest BCUT2D eigenvalue weighted by molar-refractivity contribution is 5.57. The van der Waals surface area contributed by atoms with Gasteiger partial charge >= 0.3 is 5.69 Å². The molecule has 0 bridgehead atoms. The molecule has 0 aromatic carbocycles. The van der Waals surface area contributed by atoms with E-state index in [-0.39, 0.29) is 11.6 Å². The number of H-pyrrole nitrogens is 1. The van der Waals surface area contributed by atoms with E-state index in [9.17, 15) is 4.79 Å². The average molecular weight is 313 g/mol. The Morgan fingerprint density at radius 1 is 1.43 bits per heavy atom. The highest BCUT2D eigenvalue weighted by Gasteiger charge is 2.22. The van der Waals surface area contributed by atoms with Crippen molar-refractivity contribution in [1.82, 2.24) is 24.7 Å². The molecule has 1 aliphatic carbocycles. The number of aromatic nitrogens is 5. The van der Waals surface area contributed by atoms with Crippen molar-refractivity contribution in [3.05, 3.63) is 35.0 Å². The minimum absolute atomic E-state index is 0.237. The summed E-state index contributed by atoms with van der Waals surface area (Å²) in [6.45, 7) is 0.722. The molecule has 8 heteroatoms. The van der Waals surface area contributed by atoms with Crippen molar-refractivity contribution in [3.8, 4) is 28.9 Å². The molecule has 23 heavy (non-hydrogen) atoms. The zero-order chi connectivity index (χ0) is 15.8. The molecule has 3 aromatic heterocycles. The van der Waals surface area contributed by atoms with Crippen LogP contribution < -0.4 is 10.4 Å². The first-order valence-corrected chi connectivity index (χ1v) is 7.38. The van der Waals surface area contributed by atoms with E-state index in [1.807, 2.05) is 6.07 Å². The summed E-state index contributed by atoms with van der Waals surface area (Å²) in [5.41, 5.74) is 1.02. The standard InChI is InChI=1S/C15H15N5O3/c1-20-11(7-17-15(20)21)14-18-13(19-23-14)10-4-5-12(16-6-10)22-8-9-2-3-9/h4-7,9H,2-3,8H2,1H3,(H,17,21). The second-order valence-electron chi connectivity index (χ2n) is 5.60. The van der Waals surface area contributed by atoms with Gasteiger partial charge in [-0.1, -0.05) is 5.16 Å². The fraction of sp³-hybridized carbons (Fsp3) is 0.333. The van der Waals surface area contributed by atoms with Gasteiger partial charge in [0.05, 0.1) is 6.61 Å². The second-order valence-corrected chi connectivity index (χ2v) is 5.60. The van der Waals surface area contributed by atoms with E-state index < -0.39 is 0 Å². The van der Waals surface area contributed by atoms with E-state index in [1.165, 1.54) is 23.6 Å². The number of nitrogens with zero attached hydrogens (tertiary/aromatic N) is 4. The molecule has 1 aliphatic rings. The Labute approximate surface area is 131 Å². The summed E-state index contributed by atoms with van der Waals surface area (Å²) < 4.78 is 12.2. The predicted molar refractivity (Wildman–Crippen MR) is 80.8 cm³/mol. The normalized spacial score (nSPS) is 14.1. The topological polar surface area (TPSA) is 98.8 Å². The SMILES string of the molecule is Cn1c(-c2nc(-c3ccc(OCC4CC4)nc3)no2)c[nH]c1=O. The lowest BCUT2D eigenvalue weighted by atomic mass is 10.3. The molecule has 1 saturated carbocycles. The summed E-state index contributed by atoms with van der Waals surface area (Å²) in [7, 11) is 1.63. The number of aromatic amines is 1. The third-order valence-corrected chi connectivity index (χ3v) is 3.80. The predicted octanol–water partition coefficient (Wildman–Crippen LogP) is 1.61. The Hall–Kier alpha value is -2.90. The zero-order valence-electron chi connectivity index (χ0n) is 12.5. The maximum Gasteiger partial charge on any atom is 0.325 e. The van der Waals surface area contributed by atoms with Crippen molar-refractivity contribution < 1.29 is 9.26 Å². The molecule has 0 saturated heterocycles. The first kappa shape index (κ1) is 13.7. The molecule has 4 rings (SSSR count). The number of rotatable bonds is 5. The van der Waals surface area contributed by atoms with Gasteiger partial charge in [-0.25, -0.2) is 9.78 Å². The van der Waals surface area contributed by atoms with Gasteiger partial charge in [0.15, 0.2) is 0 Å². The molecule has 0 radical (unpaired) electrons. The van der Waals surface area contributed by atoms with Crippen LogP contribution in [0.15, 0.2) is 33.8 Å². The van der Waals surface area contributed by atoms with Crippen LogP contribution in [0, 0.1) is 5.92 Å². The van der Waals surface area contributed by atoms with Crippen LogP contribution in [0.2, 0.25) is 0 Å². The third-order valence-electron chi connectivity index (χ3n) is 3.80. The van der Waals surface area contributed by atoms with Crippen molar-refractivity contribution in [2.75, 3.05) is 6.61 Å². The van der Waals surface area contributed by atoms with Gasteiger partial charge in [-0.15, -0.1) is 0 Å². The van der Waals surface area contributed by atoms with Crippen LogP contribution in [-0.2, 0) is 7.05 Å². The molecular weight excluding hydrogens is 298 g/mol. The van der Waals surface area contributed by atoms with Gasteiger partial charge in [-0.2, -0.15) is 4.98 Å². The number of ether oxygens (including phenoxy) is 1. The Balaban J connectivity index is 1.53. The maximum atomic E-state index is 11.4. The van der Waals surface area contributed by atoms with E-state index in [4.69, 9.17) is 9.26 Å². The number of pyridine rings is 1. The number of imidazole rings is 1. The number of nitrogens with one attached hydrogen (secondary N) is 1. The summed E-state index contributed by atoms with van der Waals surface area (Å²) in [6.07, 6.45) is 5.66. The van der Waals surface area contributed by atoms with Crippen LogP contribution in [0.3, 0.4) is 0 Å². The van der Waals surface area contributed by atoms with E-state index in [0.717, 1.165) is 12.2 Å². The van der Waals surface area contributed by atoms with Crippen molar-refractivity contribution in [2.45, 2.75) is 12.8 Å². The Morgan fingerprint density at radius 3 is 2.96 bits per heavy atom. The molecule has 118 valence electrons. The molecule has 0 spiro atoms. The van der Waals surface area contributed by atoms with E-state index >= 15 is 0 Å². The van der Waals surface area contributed by atoms with Crippen molar-refractivity contribution >= 4 is 0 Å². The fourth-order valence-corrected chi connectivity index (χ4v) is 2.17. The lowest BCUT2D eigenvalue weighted by molar-refractivity contribution is 0.288. The summed E-state index contributed by atoms with van der Waals surface area (Å²) in [5, 5.41) is 3.93. The van der Waals surface area contributed by atoms with Gasteiger partial charge in [0.1, 0.15) is 5.69 Å². The Bertz CT molecular complexity index is 873. The first-order valence-electron chi connectivity index (χ1n) is 7.38. The Morgan fingerprint density at radius 2 is 2.30 bits per heavy atom. The van der Waals surface area contributed by atoms with Gasteiger partial charge in [0.2, 0.25) is 11.7 Å². The molecule has 0 atom stereocenters. The molecule has 1 N–H and O–H groups in total. The largest absolute Gasteiger partial charge is 0.477 e. The van der Waals surface area contributed by atoms with Gasteiger partial charge in [-0.05, 0) is 24.8 Å². The summed E-state index contributed by atoms with van der Waals surface area (Å²) in [4.78, 5) is 22.6. The van der Waals surface area contributed by atoms with Crippen LogP contribution in [0.5, 0.6) is 5.88 Å². The quantitative estimate of drug-likeness (QED) is 0.768. The van der Waals surface area contributed by atoms with Gasteiger partial charge < -0.3 is 14.2 Å². The third kappa shape index (κ3) is 2.75. The average Bonchev–Trinajstić information content (AvgIpc) is 3.18. The van der Waals surface area contributed by atoms with Gasteiger partial charge in [0, 0.05) is 31.1 Å². The highest BCUT2D eigenvalue weighted by Crippen LogP contribution is 2.29. The molecular formula is C15H15N5O3. The van der Waals surface area contributed by atoms with E-state index in [0.29, 0.717) is 23.3 Å². The monoisotopic (exact) mass is 313 g/mol. The molecule has 3 heterocycles. The summed E-state index contributed by atoms with van der Waals surface area (Å²) >= 11 is 0. The van der Waals surface area contributed by atoms with E-state index in [2.05, 4.69) is 20.1 Å². The molecule has 3 aromatic rings. The summed E-state index contributed by atoms with van der Waals surface area (Å²) in [6, 6.07) is 3.62. The first-order chi connectivity index (χ1) is 11.2.